The van der Waals surface area contributed by atoms with Gasteiger partial charge in [0.1, 0.15) is 5.75 Å². The van der Waals surface area contributed by atoms with Gasteiger partial charge in [0.05, 0.1) is 24.5 Å². The Morgan fingerprint density at radius 3 is 2.11 bits per heavy atom. The van der Waals surface area contributed by atoms with Gasteiger partial charge < -0.3 is 35.6 Å². The molecule has 0 atom stereocenters. The number of fused-ring (bicyclic) bond motifs is 1. The lowest BCUT2D eigenvalue weighted by molar-refractivity contribution is 0.190. The van der Waals surface area contributed by atoms with Crippen molar-refractivity contribution >= 4 is 0 Å². The number of H-pyrrole nitrogens is 1. The van der Waals surface area contributed by atoms with Crippen LogP contribution in [0.15, 0.2) is 6.07 Å². The van der Waals surface area contributed by atoms with Crippen molar-refractivity contribution in [3.63, 3.8) is 0 Å². The van der Waals surface area contributed by atoms with Gasteiger partial charge >= 0.3 is 0 Å². The molecule has 2 rings (SSSR count). The molecule has 0 unspecified atom stereocenters. The number of nitrogens with one attached hydrogen (secondary N) is 1. The molecule has 0 saturated heterocycles. The zero-order valence-corrected chi connectivity index (χ0v) is 9.25. The Morgan fingerprint density at radius 1 is 0.944 bits per heavy atom. The second kappa shape index (κ2) is 4.28. The largest absolute Gasteiger partial charge is 0.507 e. The van der Waals surface area contributed by atoms with Gasteiger partial charge in [0.15, 0.2) is 11.5 Å². The van der Waals surface area contributed by atoms with Crippen LogP contribution in [0.5, 0.6) is 23.0 Å². The Balaban J connectivity index is 2.68. The first-order valence-corrected chi connectivity index (χ1v) is 5.21. The molecule has 1 aliphatic heterocycles. The lowest BCUT2D eigenvalue weighted by atomic mass is 10.0. The lowest BCUT2D eigenvalue weighted by Crippen LogP contribution is -2.11. The molecule has 0 fully saturated rings. The van der Waals surface area contributed by atoms with Crippen LogP contribution >= 0.6 is 0 Å². The van der Waals surface area contributed by atoms with Crippen molar-refractivity contribution in [3.8, 4) is 34.3 Å². The van der Waals surface area contributed by atoms with Gasteiger partial charge in [-0.15, -0.1) is 0 Å². The molecule has 0 radical (unpaired) electrons. The second-order valence-corrected chi connectivity index (χ2v) is 3.97. The lowest BCUT2D eigenvalue weighted by Gasteiger charge is -2.14. The van der Waals surface area contributed by atoms with E-state index in [1.807, 2.05) is 0 Å². The molecule has 7 heteroatoms. The number of pyridine rings is 1. The van der Waals surface area contributed by atoms with E-state index in [9.17, 15) is 20.4 Å². The quantitative estimate of drug-likeness (QED) is 0.412. The van der Waals surface area contributed by atoms with Crippen LogP contribution in [0.3, 0.4) is 0 Å². The van der Waals surface area contributed by atoms with Crippen LogP contribution < -0.4 is 0 Å². The van der Waals surface area contributed by atoms with E-state index in [2.05, 4.69) is 4.98 Å². The van der Waals surface area contributed by atoms with Crippen LogP contribution in [-0.2, 0) is 0 Å². The smallest absolute Gasteiger partial charge is 0.203 e. The Hall–Kier alpha value is -2.12. The molecule has 7 nitrogen and oxygen atoms in total. The third-order valence-corrected chi connectivity index (χ3v) is 2.87. The van der Waals surface area contributed by atoms with Gasteiger partial charge in [-0.3, -0.25) is 0 Å². The predicted molar refractivity (Wildman–Crippen MR) is 61.0 cm³/mol. The van der Waals surface area contributed by atoms with E-state index in [4.69, 9.17) is 10.2 Å². The Labute approximate surface area is 102 Å². The molecule has 1 aliphatic carbocycles. The first kappa shape index (κ1) is 12.3. The molecule has 1 heterocycles. The molecule has 7 N–H and O–H groups in total. The van der Waals surface area contributed by atoms with Crippen molar-refractivity contribution in [1.82, 2.24) is 4.98 Å². The highest BCUT2D eigenvalue weighted by atomic mass is 16.3. The summed E-state index contributed by atoms with van der Waals surface area (Å²) in [5.74, 6) is -3.02. The van der Waals surface area contributed by atoms with Crippen molar-refractivity contribution in [1.29, 1.82) is 0 Å². The van der Waals surface area contributed by atoms with Crippen LogP contribution in [0.2, 0.25) is 0 Å². The van der Waals surface area contributed by atoms with E-state index in [-0.39, 0.29) is 35.9 Å². The van der Waals surface area contributed by atoms with Crippen LogP contribution in [0.4, 0.5) is 0 Å². The average Bonchev–Trinajstić information content (AvgIpc) is 2.56. The highest BCUT2D eigenvalue weighted by Crippen LogP contribution is 2.54. The number of aromatic nitrogens is 1. The topological polar surface area (TPSA) is 137 Å². The number of aromatic amines is 1. The summed E-state index contributed by atoms with van der Waals surface area (Å²) in [7, 11) is 0. The minimum atomic E-state index is -0.738. The van der Waals surface area contributed by atoms with Gasteiger partial charge in [-0.1, -0.05) is 0 Å². The monoisotopic (exact) mass is 255 g/mol. The Morgan fingerprint density at radius 2 is 1.56 bits per heavy atom. The summed E-state index contributed by atoms with van der Waals surface area (Å²) in [4.78, 5) is 2.65. The SMILES string of the molecule is OCC(CO)c1cc(O)c2c(O)c(O)c(O)c-2[nH]1. The molecule has 0 amide bonds. The first-order chi connectivity index (χ1) is 8.51. The van der Waals surface area contributed by atoms with Crippen molar-refractivity contribution in [2.24, 2.45) is 0 Å². The van der Waals surface area contributed by atoms with Gasteiger partial charge in [-0.05, 0) is 0 Å². The predicted octanol–water partition coefficient (Wildman–Crippen LogP) is 0.0101. The summed E-state index contributed by atoms with van der Waals surface area (Å²) in [6, 6.07) is 1.21. The summed E-state index contributed by atoms with van der Waals surface area (Å²) in [6.07, 6.45) is 0. The molecular formula is C11H13NO6. The molecule has 0 aromatic rings. The number of hydrogen-bond acceptors (Lipinski definition) is 6. The number of aliphatic hydroxyl groups excluding tert-OH is 2. The van der Waals surface area contributed by atoms with Crippen LogP contribution in [0, 0.1) is 0 Å². The highest BCUT2D eigenvalue weighted by molar-refractivity contribution is 5.87. The molecule has 0 aromatic heterocycles. The summed E-state index contributed by atoms with van der Waals surface area (Å²) in [6.45, 7) is -0.727. The third kappa shape index (κ3) is 1.60. The maximum Gasteiger partial charge on any atom is 0.203 e. The van der Waals surface area contributed by atoms with Crippen LogP contribution in [-0.4, -0.2) is 48.8 Å². The summed E-state index contributed by atoms with van der Waals surface area (Å²) >= 11 is 0. The van der Waals surface area contributed by atoms with Crippen LogP contribution in [0.1, 0.15) is 11.6 Å². The van der Waals surface area contributed by atoms with Crippen molar-refractivity contribution < 1.29 is 30.6 Å². The number of aliphatic hydroxyl groups is 2. The molecule has 0 aromatic carbocycles. The fraction of sp³-hybridized carbons (Fsp3) is 0.273. The van der Waals surface area contributed by atoms with E-state index in [0.29, 0.717) is 0 Å². The van der Waals surface area contributed by atoms with Crippen molar-refractivity contribution in [2.45, 2.75) is 5.92 Å². The fourth-order valence-corrected chi connectivity index (χ4v) is 1.83. The minimum Gasteiger partial charge on any atom is -0.507 e. The second-order valence-electron chi connectivity index (χ2n) is 3.97. The molecule has 0 spiro atoms. The number of rotatable bonds is 3. The molecule has 0 bridgehead atoms. The van der Waals surface area contributed by atoms with Gasteiger partial charge in [0.25, 0.3) is 0 Å². The normalized spacial score (nSPS) is 11.5. The van der Waals surface area contributed by atoms with Gasteiger partial charge in [0, 0.05) is 17.7 Å². The van der Waals surface area contributed by atoms with Gasteiger partial charge in [0.2, 0.25) is 5.75 Å². The van der Waals surface area contributed by atoms with Gasteiger partial charge in [-0.25, -0.2) is 0 Å². The summed E-state index contributed by atoms with van der Waals surface area (Å²) < 4.78 is 0. The van der Waals surface area contributed by atoms with Crippen molar-refractivity contribution in [2.75, 3.05) is 13.2 Å². The Bertz CT molecular complexity index is 545. The zero-order chi connectivity index (χ0) is 13.4. The standard InChI is InChI=1S/C11H13NO6/c13-2-4(3-14)5-1-6(15)7-8(12-5)10(17)11(18)9(7)16/h1,4,12-18H,2-3H2. The fourth-order valence-electron chi connectivity index (χ4n) is 1.83. The third-order valence-electron chi connectivity index (χ3n) is 2.87. The van der Waals surface area contributed by atoms with E-state index in [0.717, 1.165) is 0 Å². The zero-order valence-electron chi connectivity index (χ0n) is 9.25. The summed E-state index contributed by atoms with van der Waals surface area (Å²) in [5.41, 5.74) is 0.0839. The van der Waals surface area contributed by atoms with E-state index in [1.165, 1.54) is 6.07 Å². The molecular weight excluding hydrogens is 242 g/mol. The first-order valence-electron chi connectivity index (χ1n) is 5.21. The maximum absolute atomic E-state index is 9.75. The Kier molecular flexibility index (Phi) is 2.93. The average molecular weight is 255 g/mol. The van der Waals surface area contributed by atoms with E-state index in [1.54, 1.807) is 0 Å². The van der Waals surface area contributed by atoms with Crippen LogP contribution in [0.25, 0.3) is 11.3 Å². The van der Waals surface area contributed by atoms with E-state index < -0.39 is 23.2 Å². The number of aromatic hydroxyl groups is 4. The number of hydrogen-bond donors (Lipinski definition) is 7. The molecule has 18 heavy (non-hydrogen) atoms. The maximum atomic E-state index is 9.75. The molecule has 0 saturated carbocycles. The molecule has 2 aliphatic rings. The van der Waals surface area contributed by atoms with E-state index >= 15 is 0 Å². The summed E-state index contributed by atoms with van der Waals surface area (Å²) in [5, 5.41) is 56.3. The minimum absolute atomic E-state index is 0.0631. The highest BCUT2D eigenvalue weighted by Gasteiger charge is 2.28. The van der Waals surface area contributed by atoms with Crippen molar-refractivity contribution in [3.05, 3.63) is 11.8 Å². The van der Waals surface area contributed by atoms with Gasteiger partial charge in [-0.2, -0.15) is 0 Å². The molecule has 98 valence electrons.